The molecule has 1 fully saturated rings. The number of carboxylic acids is 1. The Balaban J connectivity index is 1.34. The summed E-state index contributed by atoms with van der Waals surface area (Å²) < 4.78 is 50.0. The van der Waals surface area contributed by atoms with E-state index in [0.717, 1.165) is 33.2 Å². The Morgan fingerprint density at radius 2 is 1.53 bits per heavy atom. The van der Waals surface area contributed by atoms with Gasteiger partial charge in [0, 0.05) is 12.1 Å². The van der Waals surface area contributed by atoms with Crippen molar-refractivity contribution in [3.05, 3.63) is 124 Å². The summed E-state index contributed by atoms with van der Waals surface area (Å²) >= 11 is 0. The van der Waals surface area contributed by atoms with Gasteiger partial charge < -0.3 is 9.84 Å². The smallest absolute Gasteiger partial charge is 0.417 e. The Hall–Kier alpha value is -5.22. The Labute approximate surface area is 282 Å². The highest BCUT2D eigenvalue weighted by Gasteiger charge is 2.37. The summed E-state index contributed by atoms with van der Waals surface area (Å²) in [6, 6.07) is 23.3. The molecule has 0 aromatic heterocycles. The minimum atomic E-state index is -4.72. The number of carboxylic acid groups (broad SMARTS) is 1. The van der Waals surface area contributed by atoms with Gasteiger partial charge in [-0.15, -0.1) is 0 Å². The van der Waals surface area contributed by atoms with Crippen LogP contribution in [0.1, 0.15) is 67.8 Å². The maximum atomic E-state index is 14.6. The molecule has 0 spiro atoms. The van der Waals surface area contributed by atoms with Crippen LogP contribution in [0.15, 0.2) is 84.9 Å². The van der Waals surface area contributed by atoms with Crippen LogP contribution < -0.4 is 4.74 Å². The molecule has 0 saturated carbocycles. The number of nitrogens with zero attached hydrogens (tertiary/aromatic N) is 2. The van der Waals surface area contributed by atoms with E-state index in [9.17, 15) is 32.7 Å². The molecule has 1 atom stereocenters. The number of benzene rings is 4. The lowest BCUT2D eigenvalue weighted by Gasteiger charge is -2.33. The van der Waals surface area contributed by atoms with E-state index >= 15 is 0 Å². The number of imide groups is 1. The number of likely N-dealkylation sites (tertiary alicyclic amines) is 1. The third-order valence-electron chi connectivity index (χ3n) is 9.16. The molecule has 252 valence electrons. The lowest BCUT2D eigenvalue weighted by molar-refractivity contribution is -0.145. The quantitative estimate of drug-likeness (QED) is 0.136. The number of piperidine rings is 1. The molecule has 2 heterocycles. The van der Waals surface area contributed by atoms with Gasteiger partial charge in [0.1, 0.15) is 18.4 Å². The molecule has 6 rings (SSSR count). The summed E-state index contributed by atoms with van der Waals surface area (Å²) in [6.07, 6.45) is 0.136. The van der Waals surface area contributed by atoms with Crippen LogP contribution in [0.4, 0.5) is 13.2 Å². The van der Waals surface area contributed by atoms with Gasteiger partial charge in [0.2, 0.25) is 0 Å². The van der Waals surface area contributed by atoms with Crippen molar-refractivity contribution in [1.29, 1.82) is 0 Å². The number of amides is 2. The zero-order chi connectivity index (χ0) is 34.7. The highest BCUT2D eigenvalue weighted by atomic mass is 19.4. The van der Waals surface area contributed by atoms with Gasteiger partial charge in [-0.2, -0.15) is 13.2 Å². The van der Waals surface area contributed by atoms with Crippen LogP contribution in [0.2, 0.25) is 0 Å². The molecule has 49 heavy (non-hydrogen) atoms. The van der Waals surface area contributed by atoms with Gasteiger partial charge in [0.05, 0.1) is 23.2 Å². The molecule has 4 aromatic carbocycles. The highest BCUT2D eigenvalue weighted by Crippen LogP contribution is 2.38. The number of halogens is 3. The van der Waals surface area contributed by atoms with Crippen LogP contribution in [0.25, 0.3) is 23.3 Å². The summed E-state index contributed by atoms with van der Waals surface area (Å²) in [5, 5.41) is 9.83. The van der Waals surface area contributed by atoms with Crippen molar-refractivity contribution in [2.24, 2.45) is 0 Å². The first-order valence-corrected chi connectivity index (χ1v) is 16.1. The van der Waals surface area contributed by atoms with E-state index in [-0.39, 0.29) is 47.7 Å². The molecule has 1 N–H and O–H groups in total. The average molecular weight is 669 g/mol. The van der Waals surface area contributed by atoms with Gasteiger partial charge >= 0.3 is 12.1 Å². The maximum absolute atomic E-state index is 14.6. The van der Waals surface area contributed by atoms with Crippen LogP contribution in [0, 0.1) is 6.92 Å². The molecule has 2 aliphatic heterocycles. The normalized spacial score (nSPS) is 16.7. The maximum Gasteiger partial charge on any atom is 0.417 e. The predicted octanol–water partition coefficient (Wildman–Crippen LogP) is 7.97. The predicted molar refractivity (Wildman–Crippen MR) is 180 cm³/mol. The molecule has 1 saturated heterocycles. The minimum absolute atomic E-state index is 0.0787. The van der Waals surface area contributed by atoms with Crippen LogP contribution in [-0.2, 0) is 17.5 Å². The SMILES string of the molecule is Cc1c(/C=C/c2cc(OCCN3C(=O)c4ccccc4C3=O)c(CN3CCCC[C@H]3C(=O)O)cc2C(F)(F)F)cccc1-c1ccccc1. The van der Waals surface area contributed by atoms with E-state index in [1.165, 1.54) is 12.1 Å². The van der Waals surface area contributed by atoms with Crippen LogP contribution in [-0.4, -0.2) is 58.4 Å². The topological polar surface area (TPSA) is 87.2 Å². The number of rotatable bonds is 10. The molecule has 7 nitrogen and oxygen atoms in total. The van der Waals surface area contributed by atoms with Crippen LogP contribution >= 0.6 is 0 Å². The average Bonchev–Trinajstić information content (AvgIpc) is 3.33. The first-order valence-electron chi connectivity index (χ1n) is 16.1. The number of carbonyl (C=O) groups excluding carboxylic acids is 2. The molecule has 2 aliphatic rings. The molecule has 0 aliphatic carbocycles. The van der Waals surface area contributed by atoms with Crippen molar-refractivity contribution in [3.8, 4) is 16.9 Å². The summed E-state index contributed by atoms with van der Waals surface area (Å²) in [6.45, 7) is 1.95. The summed E-state index contributed by atoms with van der Waals surface area (Å²) in [7, 11) is 0. The zero-order valence-corrected chi connectivity index (χ0v) is 26.9. The monoisotopic (exact) mass is 668 g/mol. The van der Waals surface area contributed by atoms with Crippen LogP contribution in [0.3, 0.4) is 0 Å². The van der Waals surface area contributed by atoms with Crippen molar-refractivity contribution >= 4 is 29.9 Å². The standard InChI is InChI=1S/C39H35F3N2O5/c1-25-26(12-9-15-30(25)27-10-3-2-4-11-27)17-18-28-23-35(49-21-20-44-36(45)31-13-5-6-14-32(31)37(44)46)29(22-33(28)39(40,41)42)24-43-19-8-7-16-34(43)38(47)48/h2-6,9-15,17-18,22-23,34H,7-8,16,19-21,24H2,1H3,(H,47,48)/b18-17+/t34-/m0/s1. The largest absolute Gasteiger partial charge is 0.491 e. The molecule has 0 radical (unpaired) electrons. The second kappa shape index (κ2) is 14.1. The first-order chi connectivity index (χ1) is 23.5. The molecular formula is C39H35F3N2O5. The van der Waals surface area contributed by atoms with Gasteiger partial charge in [-0.25, -0.2) is 0 Å². The Morgan fingerprint density at radius 1 is 0.878 bits per heavy atom. The fourth-order valence-corrected chi connectivity index (χ4v) is 6.59. The number of carbonyl (C=O) groups is 3. The van der Waals surface area contributed by atoms with E-state index in [1.807, 2.05) is 55.5 Å². The zero-order valence-electron chi connectivity index (χ0n) is 26.9. The number of aliphatic carboxylic acids is 1. The van der Waals surface area contributed by atoms with Crippen molar-refractivity contribution in [2.45, 2.75) is 44.9 Å². The van der Waals surface area contributed by atoms with Gasteiger partial charge in [-0.3, -0.25) is 24.2 Å². The van der Waals surface area contributed by atoms with E-state index in [2.05, 4.69) is 0 Å². The lowest BCUT2D eigenvalue weighted by atomic mass is 9.95. The Morgan fingerprint density at radius 3 is 2.20 bits per heavy atom. The second-order valence-electron chi connectivity index (χ2n) is 12.2. The first kappa shape index (κ1) is 33.7. The summed E-state index contributed by atoms with van der Waals surface area (Å²) in [5.41, 5.74) is 3.31. The van der Waals surface area contributed by atoms with Crippen molar-refractivity contribution in [1.82, 2.24) is 9.80 Å². The molecule has 0 unspecified atom stereocenters. The van der Waals surface area contributed by atoms with E-state index in [1.54, 1.807) is 35.2 Å². The molecular weight excluding hydrogens is 633 g/mol. The van der Waals surface area contributed by atoms with Crippen molar-refractivity contribution in [3.63, 3.8) is 0 Å². The minimum Gasteiger partial charge on any atom is -0.491 e. The lowest BCUT2D eigenvalue weighted by Crippen LogP contribution is -2.44. The van der Waals surface area contributed by atoms with E-state index in [4.69, 9.17) is 4.74 Å². The number of hydrogen-bond acceptors (Lipinski definition) is 5. The third-order valence-corrected chi connectivity index (χ3v) is 9.16. The number of ether oxygens (including phenoxy) is 1. The van der Waals surface area contributed by atoms with Gasteiger partial charge in [-0.05, 0) is 78.4 Å². The van der Waals surface area contributed by atoms with Crippen molar-refractivity contribution < 1.29 is 37.4 Å². The van der Waals surface area contributed by atoms with Crippen molar-refractivity contribution in [2.75, 3.05) is 19.7 Å². The van der Waals surface area contributed by atoms with Gasteiger partial charge in [-0.1, -0.05) is 79.2 Å². The fraction of sp³-hybridized carbons (Fsp3) is 0.256. The second-order valence-corrected chi connectivity index (χ2v) is 12.2. The van der Waals surface area contributed by atoms with Crippen LogP contribution in [0.5, 0.6) is 5.75 Å². The number of hydrogen-bond donors (Lipinski definition) is 1. The Bertz CT molecular complexity index is 1890. The molecule has 10 heteroatoms. The van der Waals surface area contributed by atoms with E-state index < -0.39 is 35.6 Å². The molecule has 4 aromatic rings. The molecule has 2 amide bonds. The summed E-state index contributed by atoms with van der Waals surface area (Å²) in [4.78, 5) is 40.5. The molecule has 0 bridgehead atoms. The third kappa shape index (κ3) is 7.15. The van der Waals surface area contributed by atoms with Gasteiger partial charge in [0.15, 0.2) is 0 Å². The Kier molecular flexibility index (Phi) is 9.69. The number of alkyl halides is 3. The van der Waals surface area contributed by atoms with E-state index in [0.29, 0.717) is 25.8 Å². The van der Waals surface area contributed by atoms with Gasteiger partial charge in [0.25, 0.3) is 11.8 Å². The number of fused-ring (bicyclic) bond motifs is 1. The fourth-order valence-electron chi connectivity index (χ4n) is 6.59. The summed E-state index contributed by atoms with van der Waals surface area (Å²) in [5.74, 6) is -1.84. The highest BCUT2D eigenvalue weighted by molar-refractivity contribution is 6.21.